The number of thiophene rings is 1. The maximum absolute atomic E-state index is 10.7. The van der Waals surface area contributed by atoms with Gasteiger partial charge >= 0.3 is 5.97 Å². The molecule has 0 aliphatic heterocycles. The summed E-state index contributed by atoms with van der Waals surface area (Å²) in [6.45, 7) is 2.74. The Morgan fingerprint density at radius 2 is 2.36 bits per heavy atom. The molecule has 3 nitrogen and oxygen atoms in total. The summed E-state index contributed by atoms with van der Waals surface area (Å²) in [5, 5.41) is 13.9. The van der Waals surface area contributed by atoms with E-state index < -0.39 is 5.97 Å². The largest absolute Gasteiger partial charge is 0.477 e. The molecule has 0 atom stereocenters. The topological polar surface area (TPSA) is 49.3 Å². The van der Waals surface area contributed by atoms with Crippen molar-refractivity contribution in [1.82, 2.24) is 0 Å². The van der Waals surface area contributed by atoms with Gasteiger partial charge < -0.3 is 10.4 Å². The van der Waals surface area contributed by atoms with Crippen LogP contribution in [0.1, 0.15) is 23.0 Å². The van der Waals surface area contributed by atoms with Crippen LogP contribution in [0.2, 0.25) is 5.02 Å². The van der Waals surface area contributed by atoms with Gasteiger partial charge in [0.1, 0.15) is 4.88 Å². The average Bonchev–Trinajstić information content (AvgIpc) is 2.43. The maximum Gasteiger partial charge on any atom is 0.348 e. The van der Waals surface area contributed by atoms with Gasteiger partial charge in [-0.3, -0.25) is 0 Å². The van der Waals surface area contributed by atoms with Crippen molar-refractivity contribution in [1.29, 1.82) is 0 Å². The Morgan fingerprint density at radius 1 is 1.71 bits per heavy atom. The summed E-state index contributed by atoms with van der Waals surface area (Å²) in [5.74, 6) is -0.935. The molecule has 0 fully saturated rings. The van der Waals surface area contributed by atoms with Crippen LogP contribution in [0.5, 0.6) is 0 Å². The lowest BCUT2D eigenvalue weighted by Crippen LogP contribution is -2.04. The standard InChI is InChI=1S/C8H10ClNO2S.ClH/c1-2-3-10-6-5(9)4-13-7(6)8(11)12;/h4,10H,2-3H2,1H3,(H,11,12);1H. The molecule has 0 saturated heterocycles. The molecule has 0 aromatic carbocycles. The van der Waals surface area contributed by atoms with E-state index in [-0.39, 0.29) is 17.3 Å². The van der Waals surface area contributed by atoms with Gasteiger partial charge in [0.15, 0.2) is 0 Å². The van der Waals surface area contributed by atoms with Crippen LogP contribution in [0.3, 0.4) is 0 Å². The molecular formula is C8H11Cl2NO2S. The highest BCUT2D eigenvalue weighted by Gasteiger charge is 2.15. The van der Waals surface area contributed by atoms with Crippen LogP contribution in [-0.4, -0.2) is 17.6 Å². The molecule has 2 N–H and O–H groups in total. The second-order valence-corrected chi connectivity index (χ2v) is 3.81. The first kappa shape index (κ1) is 13.5. The van der Waals surface area contributed by atoms with Crippen LogP contribution in [0.25, 0.3) is 0 Å². The second-order valence-electron chi connectivity index (χ2n) is 2.52. The Bertz CT molecular complexity index is 314. The minimum absolute atomic E-state index is 0. The molecule has 1 aromatic heterocycles. The Balaban J connectivity index is 0.00000169. The number of nitrogens with one attached hydrogen (secondary N) is 1. The fraction of sp³-hybridized carbons (Fsp3) is 0.375. The summed E-state index contributed by atoms with van der Waals surface area (Å²) in [4.78, 5) is 11.0. The van der Waals surface area contributed by atoms with Crippen molar-refractivity contribution < 1.29 is 9.90 Å². The van der Waals surface area contributed by atoms with Crippen molar-refractivity contribution in [3.8, 4) is 0 Å². The molecule has 0 radical (unpaired) electrons. The fourth-order valence-corrected chi connectivity index (χ4v) is 2.00. The number of anilines is 1. The molecule has 0 amide bonds. The number of aromatic carboxylic acids is 1. The average molecular weight is 256 g/mol. The Morgan fingerprint density at radius 3 is 2.86 bits per heavy atom. The zero-order valence-corrected chi connectivity index (χ0v) is 9.93. The lowest BCUT2D eigenvalue weighted by molar-refractivity contribution is 0.0703. The molecule has 0 aliphatic rings. The van der Waals surface area contributed by atoms with Gasteiger partial charge in [0.25, 0.3) is 0 Å². The third-order valence-corrected chi connectivity index (χ3v) is 2.89. The van der Waals surface area contributed by atoms with Gasteiger partial charge in [0.05, 0.1) is 10.7 Å². The number of carboxylic acids is 1. The number of carboxylic acid groups (broad SMARTS) is 1. The fourth-order valence-electron chi connectivity index (χ4n) is 0.909. The molecule has 0 saturated carbocycles. The molecule has 0 bridgehead atoms. The van der Waals surface area contributed by atoms with Crippen LogP contribution < -0.4 is 5.32 Å². The first-order chi connectivity index (χ1) is 6.16. The molecular weight excluding hydrogens is 245 g/mol. The van der Waals surface area contributed by atoms with Gasteiger partial charge in [-0.25, -0.2) is 4.79 Å². The van der Waals surface area contributed by atoms with E-state index in [1.54, 1.807) is 5.38 Å². The predicted octanol–water partition coefficient (Wildman–Crippen LogP) is 3.34. The Hall–Kier alpha value is -0.450. The molecule has 1 heterocycles. The van der Waals surface area contributed by atoms with Crippen LogP contribution in [-0.2, 0) is 0 Å². The van der Waals surface area contributed by atoms with Crippen molar-refractivity contribution in [2.45, 2.75) is 13.3 Å². The summed E-state index contributed by atoms with van der Waals surface area (Å²) >= 11 is 6.95. The monoisotopic (exact) mass is 255 g/mol. The van der Waals surface area contributed by atoms with Crippen molar-refractivity contribution in [2.75, 3.05) is 11.9 Å². The van der Waals surface area contributed by atoms with Crippen molar-refractivity contribution >= 4 is 47.0 Å². The van der Waals surface area contributed by atoms with E-state index in [0.29, 0.717) is 10.7 Å². The van der Waals surface area contributed by atoms with E-state index in [2.05, 4.69) is 5.32 Å². The molecule has 1 aromatic rings. The van der Waals surface area contributed by atoms with E-state index in [1.165, 1.54) is 0 Å². The highest BCUT2D eigenvalue weighted by molar-refractivity contribution is 7.13. The third kappa shape index (κ3) is 3.04. The predicted molar refractivity (Wildman–Crippen MR) is 62.3 cm³/mol. The molecule has 1 rings (SSSR count). The van der Waals surface area contributed by atoms with Gasteiger partial charge in [0.2, 0.25) is 0 Å². The van der Waals surface area contributed by atoms with E-state index in [0.717, 1.165) is 24.3 Å². The van der Waals surface area contributed by atoms with Gasteiger partial charge in [-0.05, 0) is 6.42 Å². The zero-order chi connectivity index (χ0) is 9.84. The molecule has 0 unspecified atom stereocenters. The number of carbonyl (C=O) groups is 1. The first-order valence-electron chi connectivity index (χ1n) is 3.91. The highest BCUT2D eigenvalue weighted by atomic mass is 35.5. The number of hydrogen-bond acceptors (Lipinski definition) is 3. The van der Waals surface area contributed by atoms with Crippen LogP contribution >= 0.6 is 35.3 Å². The maximum atomic E-state index is 10.7. The normalized spacial score (nSPS) is 9.29. The van der Waals surface area contributed by atoms with E-state index in [4.69, 9.17) is 16.7 Å². The van der Waals surface area contributed by atoms with Crippen LogP contribution in [0.4, 0.5) is 5.69 Å². The summed E-state index contributed by atoms with van der Waals surface area (Å²) in [6.07, 6.45) is 0.936. The van der Waals surface area contributed by atoms with Gasteiger partial charge in [-0.2, -0.15) is 0 Å². The lowest BCUT2D eigenvalue weighted by Gasteiger charge is -2.03. The SMILES string of the molecule is CCCNc1c(Cl)csc1C(=O)O.Cl. The quantitative estimate of drug-likeness (QED) is 0.868. The smallest absolute Gasteiger partial charge is 0.348 e. The minimum atomic E-state index is -0.935. The second kappa shape index (κ2) is 6.11. The van der Waals surface area contributed by atoms with Crippen molar-refractivity contribution in [3.05, 3.63) is 15.3 Å². The zero-order valence-electron chi connectivity index (χ0n) is 7.54. The number of halogens is 2. The summed E-state index contributed by atoms with van der Waals surface area (Å²) in [5.41, 5.74) is 0.543. The molecule has 0 aliphatic carbocycles. The van der Waals surface area contributed by atoms with Gasteiger partial charge in [-0.15, -0.1) is 23.7 Å². The van der Waals surface area contributed by atoms with E-state index >= 15 is 0 Å². The molecule has 0 spiro atoms. The summed E-state index contributed by atoms with van der Waals surface area (Å²) in [7, 11) is 0. The van der Waals surface area contributed by atoms with Crippen LogP contribution in [0, 0.1) is 0 Å². The van der Waals surface area contributed by atoms with Crippen molar-refractivity contribution in [3.63, 3.8) is 0 Å². The number of rotatable bonds is 4. The van der Waals surface area contributed by atoms with Crippen LogP contribution in [0.15, 0.2) is 5.38 Å². The van der Waals surface area contributed by atoms with Gasteiger partial charge in [-0.1, -0.05) is 18.5 Å². The van der Waals surface area contributed by atoms with Crippen molar-refractivity contribution in [2.24, 2.45) is 0 Å². The molecule has 14 heavy (non-hydrogen) atoms. The highest BCUT2D eigenvalue weighted by Crippen LogP contribution is 2.32. The summed E-state index contributed by atoms with van der Waals surface area (Å²) < 4.78 is 0. The van der Waals surface area contributed by atoms with E-state index in [9.17, 15) is 4.79 Å². The Labute approximate surface area is 97.5 Å². The lowest BCUT2D eigenvalue weighted by atomic mass is 10.3. The molecule has 6 heteroatoms. The first-order valence-corrected chi connectivity index (χ1v) is 5.16. The third-order valence-electron chi connectivity index (χ3n) is 1.49. The molecule has 80 valence electrons. The summed E-state index contributed by atoms with van der Waals surface area (Å²) in [6, 6.07) is 0. The number of hydrogen-bond donors (Lipinski definition) is 2. The van der Waals surface area contributed by atoms with Gasteiger partial charge in [0, 0.05) is 11.9 Å². The van der Waals surface area contributed by atoms with E-state index in [1.807, 2.05) is 6.92 Å². The Kier molecular flexibility index (Phi) is 5.92. The minimum Gasteiger partial charge on any atom is -0.477 e.